The topological polar surface area (TPSA) is 47.8 Å². The number of fused-ring (bicyclic) bond motifs is 1. The number of carbonyl (C=O) groups excluding carboxylic acids is 1. The predicted molar refractivity (Wildman–Crippen MR) is 67.3 cm³/mol. The van der Waals surface area contributed by atoms with Crippen LogP contribution in [0.4, 0.5) is 0 Å². The Hall–Kier alpha value is -1.71. The summed E-state index contributed by atoms with van der Waals surface area (Å²) in [5, 5.41) is 5.60. The Bertz CT molecular complexity index is 569. The molecule has 2 aromatic heterocycles. The van der Waals surface area contributed by atoms with Crippen molar-refractivity contribution in [3.05, 3.63) is 23.5 Å². The second kappa shape index (κ2) is 4.28. The minimum Gasteiger partial charge on any atom is -0.293 e. The zero-order chi connectivity index (χ0) is 12.6. The van der Waals surface area contributed by atoms with Crippen LogP contribution in [0.3, 0.4) is 0 Å². The van der Waals surface area contributed by atoms with Crippen molar-refractivity contribution in [2.45, 2.75) is 40.2 Å². The molecule has 4 nitrogen and oxygen atoms in total. The maximum Gasteiger partial charge on any atom is 0.178 e. The van der Waals surface area contributed by atoms with Crippen LogP contribution in [-0.4, -0.2) is 20.5 Å². The van der Waals surface area contributed by atoms with E-state index in [0.29, 0.717) is 5.69 Å². The van der Waals surface area contributed by atoms with E-state index in [1.165, 1.54) is 6.92 Å². The van der Waals surface area contributed by atoms with Crippen LogP contribution in [0, 0.1) is 0 Å². The zero-order valence-corrected chi connectivity index (χ0v) is 10.7. The lowest BCUT2D eigenvalue weighted by Gasteiger charge is -2.06. The molecule has 2 aromatic rings. The molecule has 0 unspecified atom stereocenters. The van der Waals surface area contributed by atoms with Crippen molar-refractivity contribution in [1.82, 2.24) is 14.8 Å². The second-order valence-corrected chi connectivity index (χ2v) is 4.46. The standard InChI is InChI=1S/C13H17N3O/c1-5-11-10-6-7-12(9(4)17)14-13(10)16(15-11)8(2)3/h6-8H,5H2,1-4H3. The number of pyridine rings is 1. The summed E-state index contributed by atoms with van der Waals surface area (Å²) in [4.78, 5) is 15.8. The molecule has 0 aliphatic rings. The largest absolute Gasteiger partial charge is 0.293 e. The van der Waals surface area contributed by atoms with Crippen LogP contribution in [-0.2, 0) is 6.42 Å². The van der Waals surface area contributed by atoms with Crippen molar-refractivity contribution in [1.29, 1.82) is 0 Å². The third kappa shape index (κ3) is 1.95. The molecule has 0 aliphatic carbocycles. The minimum atomic E-state index is -0.0125. The van der Waals surface area contributed by atoms with E-state index in [9.17, 15) is 4.79 Å². The van der Waals surface area contributed by atoms with Gasteiger partial charge in [0.25, 0.3) is 0 Å². The lowest BCUT2D eigenvalue weighted by atomic mass is 10.2. The van der Waals surface area contributed by atoms with Gasteiger partial charge in [0.2, 0.25) is 0 Å². The van der Waals surface area contributed by atoms with Gasteiger partial charge in [0, 0.05) is 18.4 Å². The average Bonchev–Trinajstić information content (AvgIpc) is 2.66. The molecule has 2 rings (SSSR count). The Kier molecular flexibility index (Phi) is 2.96. The maximum atomic E-state index is 11.4. The highest BCUT2D eigenvalue weighted by Gasteiger charge is 2.14. The Morgan fingerprint density at radius 2 is 2.12 bits per heavy atom. The van der Waals surface area contributed by atoms with Gasteiger partial charge in [0.15, 0.2) is 11.4 Å². The van der Waals surface area contributed by atoms with Gasteiger partial charge >= 0.3 is 0 Å². The highest BCUT2D eigenvalue weighted by atomic mass is 16.1. The molecular weight excluding hydrogens is 214 g/mol. The fourth-order valence-electron chi connectivity index (χ4n) is 1.90. The summed E-state index contributed by atoms with van der Waals surface area (Å²) in [6, 6.07) is 3.97. The van der Waals surface area contributed by atoms with Gasteiger partial charge in [-0.05, 0) is 32.4 Å². The molecule has 0 saturated carbocycles. The monoisotopic (exact) mass is 231 g/mol. The van der Waals surface area contributed by atoms with Crippen molar-refractivity contribution < 1.29 is 4.79 Å². The number of rotatable bonds is 3. The summed E-state index contributed by atoms with van der Waals surface area (Å²) in [7, 11) is 0. The van der Waals surface area contributed by atoms with Crippen LogP contribution in [0.5, 0.6) is 0 Å². The first kappa shape index (κ1) is 11.8. The first-order valence-corrected chi connectivity index (χ1v) is 5.93. The van der Waals surface area contributed by atoms with Gasteiger partial charge in [-0.1, -0.05) is 6.92 Å². The molecule has 0 bridgehead atoms. The Balaban J connectivity index is 2.73. The molecule has 0 aromatic carbocycles. The molecule has 0 amide bonds. The van der Waals surface area contributed by atoms with Crippen molar-refractivity contribution >= 4 is 16.8 Å². The average molecular weight is 231 g/mol. The van der Waals surface area contributed by atoms with Gasteiger partial charge in [-0.3, -0.25) is 4.79 Å². The van der Waals surface area contributed by atoms with E-state index in [1.54, 1.807) is 6.07 Å². The number of Topliss-reactive ketones (excluding diaryl/α,β-unsaturated/α-hetero) is 1. The number of hydrogen-bond donors (Lipinski definition) is 0. The molecule has 0 radical (unpaired) electrons. The highest BCUT2D eigenvalue weighted by molar-refractivity contribution is 5.94. The van der Waals surface area contributed by atoms with E-state index in [4.69, 9.17) is 0 Å². The van der Waals surface area contributed by atoms with E-state index in [0.717, 1.165) is 23.1 Å². The molecule has 0 saturated heterocycles. The molecular formula is C13H17N3O. The second-order valence-electron chi connectivity index (χ2n) is 4.46. The van der Waals surface area contributed by atoms with Gasteiger partial charge in [-0.15, -0.1) is 0 Å². The van der Waals surface area contributed by atoms with Crippen LogP contribution in [0.25, 0.3) is 11.0 Å². The Labute approximate surface area is 101 Å². The van der Waals surface area contributed by atoms with E-state index in [2.05, 4.69) is 30.9 Å². The van der Waals surface area contributed by atoms with E-state index < -0.39 is 0 Å². The quantitative estimate of drug-likeness (QED) is 0.763. The predicted octanol–water partition coefficient (Wildman–Crippen LogP) is 2.78. The highest BCUT2D eigenvalue weighted by Crippen LogP contribution is 2.21. The van der Waals surface area contributed by atoms with Crippen LogP contribution < -0.4 is 0 Å². The van der Waals surface area contributed by atoms with Gasteiger partial charge in [0.1, 0.15) is 5.69 Å². The molecule has 2 heterocycles. The first-order valence-electron chi connectivity index (χ1n) is 5.93. The number of aromatic nitrogens is 3. The molecule has 0 N–H and O–H groups in total. The molecule has 17 heavy (non-hydrogen) atoms. The summed E-state index contributed by atoms with van der Waals surface area (Å²) in [6.45, 7) is 7.73. The van der Waals surface area contributed by atoms with Gasteiger partial charge in [0.05, 0.1) is 5.69 Å². The Morgan fingerprint density at radius 3 is 2.65 bits per heavy atom. The fourth-order valence-corrected chi connectivity index (χ4v) is 1.90. The van der Waals surface area contributed by atoms with Crippen LogP contribution >= 0.6 is 0 Å². The third-order valence-corrected chi connectivity index (χ3v) is 2.82. The molecule has 0 spiro atoms. The summed E-state index contributed by atoms with van der Waals surface area (Å²) >= 11 is 0. The first-order chi connectivity index (χ1) is 8.04. The van der Waals surface area contributed by atoms with Crippen molar-refractivity contribution in [3.63, 3.8) is 0 Å². The number of ketones is 1. The van der Waals surface area contributed by atoms with Gasteiger partial charge in [-0.25, -0.2) is 9.67 Å². The summed E-state index contributed by atoms with van der Waals surface area (Å²) < 4.78 is 1.89. The maximum absolute atomic E-state index is 11.4. The van der Waals surface area contributed by atoms with Gasteiger partial charge in [-0.2, -0.15) is 5.10 Å². The SMILES string of the molecule is CCc1nn(C(C)C)c2nc(C(C)=O)ccc12. The number of nitrogens with zero attached hydrogens (tertiary/aromatic N) is 3. The number of carbonyl (C=O) groups is 1. The molecule has 4 heteroatoms. The van der Waals surface area contributed by atoms with Crippen molar-refractivity contribution in [2.24, 2.45) is 0 Å². The number of hydrogen-bond acceptors (Lipinski definition) is 3. The lowest BCUT2D eigenvalue weighted by Crippen LogP contribution is -2.05. The molecule has 90 valence electrons. The molecule has 0 aliphatic heterocycles. The van der Waals surface area contributed by atoms with Crippen molar-refractivity contribution in [3.8, 4) is 0 Å². The Morgan fingerprint density at radius 1 is 1.41 bits per heavy atom. The van der Waals surface area contributed by atoms with E-state index >= 15 is 0 Å². The van der Waals surface area contributed by atoms with E-state index in [1.807, 2.05) is 10.7 Å². The normalized spacial score (nSPS) is 11.4. The lowest BCUT2D eigenvalue weighted by molar-refractivity contribution is 0.101. The molecule has 0 fully saturated rings. The third-order valence-electron chi connectivity index (χ3n) is 2.82. The summed E-state index contributed by atoms with van der Waals surface area (Å²) in [5.74, 6) is -0.0125. The van der Waals surface area contributed by atoms with Crippen LogP contribution in [0.2, 0.25) is 0 Å². The minimum absolute atomic E-state index is 0.0125. The zero-order valence-electron chi connectivity index (χ0n) is 10.7. The van der Waals surface area contributed by atoms with Crippen LogP contribution in [0.15, 0.2) is 12.1 Å². The smallest absolute Gasteiger partial charge is 0.178 e. The van der Waals surface area contributed by atoms with Crippen molar-refractivity contribution in [2.75, 3.05) is 0 Å². The summed E-state index contributed by atoms with van der Waals surface area (Å²) in [6.07, 6.45) is 0.872. The number of aryl methyl sites for hydroxylation is 1. The van der Waals surface area contributed by atoms with Gasteiger partial charge < -0.3 is 0 Å². The summed E-state index contributed by atoms with van der Waals surface area (Å²) in [5.41, 5.74) is 2.35. The molecule has 0 atom stereocenters. The van der Waals surface area contributed by atoms with Crippen LogP contribution in [0.1, 0.15) is 49.9 Å². The fraction of sp³-hybridized carbons (Fsp3) is 0.462. The van der Waals surface area contributed by atoms with E-state index in [-0.39, 0.29) is 11.8 Å².